The molecule has 2 aromatic carbocycles. The minimum absolute atomic E-state index is 0.0334. The highest BCUT2D eigenvalue weighted by molar-refractivity contribution is 7.90. The third-order valence-electron chi connectivity index (χ3n) is 5.78. The number of hydrogen-bond donors (Lipinski definition) is 0. The van der Waals surface area contributed by atoms with Crippen LogP contribution in [0.5, 0.6) is 0 Å². The van der Waals surface area contributed by atoms with Crippen LogP contribution in [0.15, 0.2) is 71.0 Å². The number of rotatable bonds is 6. The zero-order valence-electron chi connectivity index (χ0n) is 24.5. The van der Waals surface area contributed by atoms with Gasteiger partial charge < -0.3 is 9.47 Å². The zero-order chi connectivity index (χ0) is 35.3. The van der Waals surface area contributed by atoms with Gasteiger partial charge in [0, 0.05) is 23.6 Å². The molecule has 0 bridgehead atoms. The second-order valence-corrected chi connectivity index (χ2v) is 12.4. The van der Waals surface area contributed by atoms with Gasteiger partial charge in [-0.3, -0.25) is 4.21 Å². The first-order valence-electron chi connectivity index (χ1n) is 12.6. The number of alkyl halides is 6. The highest BCUT2D eigenvalue weighted by atomic mass is 32.2. The van der Waals surface area contributed by atoms with Gasteiger partial charge in [0.25, 0.3) is 0 Å². The fraction of sp³-hybridized carbons (Fsp3) is 0.214. The van der Waals surface area contributed by atoms with Gasteiger partial charge in [-0.15, -0.1) is 0 Å². The van der Waals surface area contributed by atoms with E-state index in [4.69, 9.17) is 0 Å². The van der Waals surface area contributed by atoms with Crippen LogP contribution >= 0.6 is 0 Å². The highest BCUT2D eigenvalue weighted by Gasteiger charge is 2.35. The monoisotopic (exact) mass is 704 g/mol. The van der Waals surface area contributed by atoms with Crippen molar-refractivity contribution in [2.75, 3.05) is 26.7 Å². The van der Waals surface area contributed by atoms with Gasteiger partial charge >= 0.3 is 24.3 Å². The molecule has 0 fully saturated rings. The summed E-state index contributed by atoms with van der Waals surface area (Å²) in [5.41, 5.74) is -1.84. The molecule has 0 aliphatic rings. The van der Waals surface area contributed by atoms with E-state index in [1.807, 2.05) is 0 Å². The van der Waals surface area contributed by atoms with E-state index in [1.54, 1.807) is 0 Å². The van der Waals surface area contributed by atoms with Crippen molar-refractivity contribution in [3.8, 4) is 22.5 Å². The van der Waals surface area contributed by atoms with Crippen LogP contribution in [0.3, 0.4) is 0 Å². The lowest BCUT2D eigenvalue weighted by Crippen LogP contribution is -2.14. The molecule has 0 saturated carbocycles. The smallest absolute Gasteiger partial charge is 0.433 e. The van der Waals surface area contributed by atoms with Gasteiger partial charge in [0.15, 0.2) is 0 Å². The van der Waals surface area contributed by atoms with Gasteiger partial charge in [-0.25, -0.2) is 37.9 Å². The first-order valence-corrected chi connectivity index (χ1v) is 16.0. The van der Waals surface area contributed by atoms with Crippen LogP contribution in [0.1, 0.15) is 32.1 Å². The summed E-state index contributed by atoms with van der Waals surface area (Å²) in [5.74, 6) is -1.18. The average Bonchev–Trinajstić information content (AvgIpc) is 3.02. The molecule has 4 rings (SSSR count). The van der Waals surface area contributed by atoms with E-state index in [0.717, 1.165) is 6.07 Å². The second kappa shape index (κ2) is 14.3. The summed E-state index contributed by atoms with van der Waals surface area (Å²) in [6.07, 6.45) is -7.60. The van der Waals surface area contributed by atoms with Crippen molar-refractivity contribution in [3.63, 3.8) is 0 Å². The molecule has 0 radical (unpaired) electrons. The summed E-state index contributed by atoms with van der Waals surface area (Å²) in [6.45, 7) is 0. The molecule has 2 heterocycles. The Morgan fingerprint density at radius 1 is 0.681 bits per heavy atom. The SMILES string of the molecule is COC(=O)c1ccc(-c2cc(C(F)(F)F)nc(S(C)(=O)=O)n2)cc1.COC(=O)c1ccc(-c2cc(C(F)(F)F)nc(S(C)=O)n2)cc1. The minimum atomic E-state index is -4.83. The average molecular weight is 705 g/mol. The number of carbonyl (C=O) groups excluding carboxylic acids is 2. The van der Waals surface area contributed by atoms with Crippen LogP contribution < -0.4 is 0 Å². The van der Waals surface area contributed by atoms with Crippen molar-refractivity contribution in [2.24, 2.45) is 0 Å². The summed E-state index contributed by atoms with van der Waals surface area (Å²) in [7, 11) is -3.40. The van der Waals surface area contributed by atoms with Crippen molar-refractivity contribution in [3.05, 3.63) is 83.2 Å². The van der Waals surface area contributed by atoms with Crippen molar-refractivity contribution in [2.45, 2.75) is 22.7 Å². The Balaban J connectivity index is 0.000000256. The molecule has 2 aromatic heterocycles. The van der Waals surface area contributed by atoms with Crippen LogP contribution in [0, 0.1) is 0 Å². The maximum absolute atomic E-state index is 12.9. The van der Waals surface area contributed by atoms with Crippen LogP contribution in [0.4, 0.5) is 26.3 Å². The Bertz CT molecular complexity index is 1920. The molecule has 0 spiro atoms. The van der Waals surface area contributed by atoms with Gasteiger partial charge in [0.05, 0.1) is 47.5 Å². The maximum atomic E-state index is 12.9. The third kappa shape index (κ3) is 9.61. The van der Waals surface area contributed by atoms with Crippen molar-refractivity contribution in [1.29, 1.82) is 0 Å². The summed E-state index contributed by atoms with van der Waals surface area (Å²) in [5, 5.41) is -1.34. The minimum Gasteiger partial charge on any atom is -0.465 e. The van der Waals surface area contributed by atoms with Crippen LogP contribution in [0.2, 0.25) is 0 Å². The number of nitrogens with zero attached hydrogens (tertiary/aromatic N) is 4. The predicted molar refractivity (Wildman–Crippen MR) is 153 cm³/mol. The zero-order valence-corrected chi connectivity index (χ0v) is 26.1. The van der Waals surface area contributed by atoms with E-state index in [1.165, 1.54) is 69.0 Å². The quantitative estimate of drug-likeness (QED) is 0.151. The topological polar surface area (TPSA) is 155 Å². The fourth-order valence-electron chi connectivity index (χ4n) is 3.52. The Morgan fingerprint density at radius 2 is 1.06 bits per heavy atom. The number of esters is 2. The second-order valence-electron chi connectivity index (χ2n) is 9.20. The number of methoxy groups -OCH3 is 2. The Kier molecular flexibility index (Phi) is 11.2. The largest absolute Gasteiger partial charge is 0.465 e. The van der Waals surface area contributed by atoms with Gasteiger partial charge in [-0.05, 0) is 36.4 Å². The van der Waals surface area contributed by atoms with E-state index < -0.39 is 66.6 Å². The molecule has 1 unspecified atom stereocenters. The van der Waals surface area contributed by atoms with Crippen molar-refractivity contribution >= 4 is 32.6 Å². The lowest BCUT2D eigenvalue weighted by molar-refractivity contribution is -0.142. The summed E-state index contributed by atoms with van der Waals surface area (Å²) < 4.78 is 121. The first kappa shape index (κ1) is 36.7. The number of benzene rings is 2. The van der Waals surface area contributed by atoms with Crippen LogP contribution in [-0.2, 0) is 42.5 Å². The molecule has 0 amide bonds. The molecule has 0 aliphatic carbocycles. The maximum Gasteiger partial charge on any atom is 0.433 e. The Labute approximate surface area is 265 Å². The summed E-state index contributed by atoms with van der Waals surface area (Å²) >= 11 is 0. The molecule has 250 valence electrons. The standard InChI is InChI=1S/C14H11F3N2O4S.C14H11F3N2O3S/c1-23-12(20)9-5-3-8(4-6-9)10-7-11(14(15,16)17)19-13(18-10)24(2,21)22;1-22-12(20)9-5-3-8(4-6-9)10-7-11(14(15,16)17)19-13(18-10)23(2)21/h3-7H,1-2H3;3-7H,1-2H3. The predicted octanol–water partition coefficient (Wildman–Crippen LogP) is 5.04. The fourth-order valence-corrected chi connectivity index (χ4v) is 4.50. The molecule has 4 aromatic rings. The molecule has 11 nitrogen and oxygen atoms in total. The molecule has 1 atom stereocenters. The number of ether oxygens (including phenoxy) is 2. The van der Waals surface area contributed by atoms with E-state index >= 15 is 0 Å². The third-order valence-corrected chi connectivity index (χ3v) is 7.33. The Morgan fingerprint density at radius 3 is 1.40 bits per heavy atom. The van der Waals surface area contributed by atoms with Gasteiger partial charge in [-0.1, -0.05) is 24.3 Å². The molecule has 0 saturated heterocycles. The number of hydrogen-bond acceptors (Lipinski definition) is 11. The van der Waals surface area contributed by atoms with Crippen LogP contribution in [0.25, 0.3) is 22.5 Å². The van der Waals surface area contributed by atoms with Gasteiger partial charge in [-0.2, -0.15) is 26.3 Å². The Hall–Kier alpha value is -4.78. The number of halogens is 6. The van der Waals surface area contributed by atoms with E-state index in [0.29, 0.717) is 17.9 Å². The number of carbonyl (C=O) groups is 2. The molecule has 0 aliphatic heterocycles. The number of aromatic nitrogens is 4. The van der Waals surface area contributed by atoms with E-state index in [2.05, 4.69) is 29.4 Å². The van der Waals surface area contributed by atoms with Gasteiger partial charge in [0.2, 0.25) is 20.2 Å². The van der Waals surface area contributed by atoms with Crippen LogP contribution in [-0.4, -0.2) is 71.2 Å². The summed E-state index contributed by atoms with van der Waals surface area (Å²) in [6, 6.07) is 12.4. The lowest BCUT2D eigenvalue weighted by Gasteiger charge is -2.10. The first-order chi connectivity index (χ1) is 21.7. The van der Waals surface area contributed by atoms with Crippen molar-refractivity contribution in [1.82, 2.24) is 19.9 Å². The number of sulfone groups is 1. The molecule has 47 heavy (non-hydrogen) atoms. The van der Waals surface area contributed by atoms with E-state index in [9.17, 15) is 48.6 Å². The molecule has 0 N–H and O–H groups in total. The molecular weight excluding hydrogens is 682 g/mol. The highest BCUT2D eigenvalue weighted by Crippen LogP contribution is 2.32. The van der Waals surface area contributed by atoms with Gasteiger partial charge in [0.1, 0.15) is 11.4 Å². The lowest BCUT2D eigenvalue weighted by atomic mass is 10.1. The molecule has 19 heteroatoms. The summed E-state index contributed by atoms with van der Waals surface area (Å²) in [4.78, 5) is 36.6. The molecular formula is C28H22F6N4O7S2. The normalized spacial score (nSPS) is 12.4. The van der Waals surface area contributed by atoms with Crippen molar-refractivity contribution < 1.29 is 58.0 Å². The van der Waals surface area contributed by atoms with E-state index in [-0.39, 0.29) is 28.1 Å².